The number of nitrogens with zero attached hydrogens (tertiary/aromatic N) is 2. The fourth-order valence-electron chi connectivity index (χ4n) is 5.34. The number of carboxylic acid groups (broad SMARTS) is 1. The van der Waals surface area contributed by atoms with E-state index in [4.69, 9.17) is 14.2 Å². The highest BCUT2D eigenvalue weighted by atomic mass is 16.6. The third kappa shape index (κ3) is 7.31. The molecule has 2 N–H and O–H groups in total. The molecular weight excluding hydrogens is 530 g/mol. The first-order valence-corrected chi connectivity index (χ1v) is 14.1. The molecular formula is C30H41N3O8. The Bertz CT molecular complexity index is 1200. The molecule has 3 aliphatic heterocycles. The van der Waals surface area contributed by atoms with E-state index < -0.39 is 47.7 Å². The van der Waals surface area contributed by atoms with Gasteiger partial charge in [-0.25, -0.2) is 14.4 Å². The van der Waals surface area contributed by atoms with Crippen LogP contribution in [0.1, 0.15) is 65.0 Å². The lowest BCUT2D eigenvalue weighted by Crippen LogP contribution is -2.57. The number of nitrogens with one attached hydrogen (secondary N) is 1. The van der Waals surface area contributed by atoms with Crippen molar-refractivity contribution in [1.82, 2.24) is 15.1 Å². The van der Waals surface area contributed by atoms with Crippen LogP contribution >= 0.6 is 0 Å². The zero-order chi connectivity index (χ0) is 29.9. The fourth-order valence-corrected chi connectivity index (χ4v) is 5.34. The van der Waals surface area contributed by atoms with Crippen LogP contribution in [0.3, 0.4) is 0 Å². The zero-order valence-corrected chi connectivity index (χ0v) is 24.5. The standard InChI is InChI=1S/C30H41N3O8/c1-29(2,3)24-25(34)33-16-20(14-22(33)26(35)36)41-28(38)32-15-19-10-9-11-23(21(19)17-32)39-13-8-6-7-12-30(4,5)18-40-27(37)31-24/h6,8-11,20,22,24H,7,12-18H2,1-5H3,(H,31,37)(H,35,36)/b8-6+/t20-,22?,24-/m1/s1. The molecule has 0 spiro atoms. The molecule has 1 aromatic carbocycles. The minimum atomic E-state index is -1.21. The maximum Gasteiger partial charge on any atom is 0.410 e. The summed E-state index contributed by atoms with van der Waals surface area (Å²) in [5.41, 5.74) is 0.807. The molecule has 0 aliphatic carbocycles. The van der Waals surface area contributed by atoms with Crippen molar-refractivity contribution in [2.24, 2.45) is 10.8 Å². The summed E-state index contributed by atoms with van der Waals surface area (Å²) < 4.78 is 17.2. The summed E-state index contributed by atoms with van der Waals surface area (Å²) in [4.78, 5) is 54.5. The highest BCUT2D eigenvalue weighted by Gasteiger charge is 2.46. The van der Waals surface area contributed by atoms with E-state index in [1.54, 1.807) is 20.8 Å². The topological polar surface area (TPSA) is 135 Å². The van der Waals surface area contributed by atoms with Crippen LogP contribution in [0.4, 0.5) is 9.59 Å². The number of alkyl carbamates (subject to hydrolysis) is 1. The van der Waals surface area contributed by atoms with E-state index in [9.17, 15) is 24.3 Å². The van der Waals surface area contributed by atoms with E-state index in [1.807, 2.05) is 44.2 Å². The molecule has 0 radical (unpaired) electrons. The molecule has 224 valence electrons. The second-order valence-electron chi connectivity index (χ2n) is 12.8. The minimum Gasteiger partial charge on any atom is -0.489 e. The average molecular weight is 572 g/mol. The number of carboxylic acids is 1. The minimum absolute atomic E-state index is 0.0518. The average Bonchev–Trinajstić information content (AvgIpc) is 3.52. The number of ether oxygens (including phenoxy) is 3. The molecule has 0 saturated carbocycles. The molecule has 1 aromatic rings. The third-order valence-electron chi connectivity index (χ3n) is 7.76. The Morgan fingerprint density at radius 1 is 1.10 bits per heavy atom. The SMILES string of the molecule is CC1(C)CC/C=C/COc2cccc3c2CN(C3)C(=O)O[C@@H]2CC(C(=O)O)N(C2)C(=O)[C@H](C(C)(C)C)NC(=O)OC1. The molecule has 1 fully saturated rings. The number of aliphatic carboxylic acids is 1. The van der Waals surface area contributed by atoms with E-state index in [0.29, 0.717) is 25.4 Å². The van der Waals surface area contributed by atoms with Crippen LogP contribution in [-0.2, 0) is 32.2 Å². The Kier molecular flexibility index (Phi) is 8.84. The second-order valence-corrected chi connectivity index (χ2v) is 12.8. The zero-order valence-electron chi connectivity index (χ0n) is 24.5. The maximum atomic E-state index is 13.7. The number of cyclic esters (lactones) is 1. The predicted molar refractivity (Wildman–Crippen MR) is 149 cm³/mol. The summed E-state index contributed by atoms with van der Waals surface area (Å²) >= 11 is 0. The number of rotatable bonds is 1. The van der Waals surface area contributed by atoms with Gasteiger partial charge in [-0.15, -0.1) is 0 Å². The first-order chi connectivity index (χ1) is 19.2. The molecule has 0 aromatic heterocycles. The van der Waals surface area contributed by atoms with Crippen molar-refractivity contribution in [2.75, 3.05) is 19.8 Å². The van der Waals surface area contributed by atoms with Crippen LogP contribution in [0.2, 0.25) is 0 Å². The van der Waals surface area contributed by atoms with Gasteiger partial charge in [0.1, 0.15) is 30.5 Å². The smallest absolute Gasteiger partial charge is 0.410 e. The summed E-state index contributed by atoms with van der Waals surface area (Å²) in [7, 11) is 0. The Labute approximate surface area is 240 Å². The molecule has 41 heavy (non-hydrogen) atoms. The third-order valence-corrected chi connectivity index (χ3v) is 7.76. The van der Waals surface area contributed by atoms with Gasteiger partial charge in [0.2, 0.25) is 5.91 Å². The molecule has 11 heteroatoms. The van der Waals surface area contributed by atoms with Crippen LogP contribution in [0, 0.1) is 10.8 Å². The summed E-state index contributed by atoms with van der Waals surface area (Å²) in [5.74, 6) is -1.08. The molecule has 1 saturated heterocycles. The van der Waals surface area contributed by atoms with Crippen molar-refractivity contribution >= 4 is 24.1 Å². The second kappa shape index (κ2) is 12.0. The van der Waals surface area contributed by atoms with E-state index in [1.165, 1.54) is 9.80 Å². The van der Waals surface area contributed by atoms with Gasteiger partial charge in [-0.2, -0.15) is 0 Å². The summed E-state index contributed by atoms with van der Waals surface area (Å²) in [6.07, 6.45) is 3.27. The first-order valence-electron chi connectivity index (χ1n) is 14.1. The van der Waals surface area contributed by atoms with Crippen LogP contribution in [0.5, 0.6) is 5.75 Å². The number of benzene rings is 1. The number of hydrogen-bond acceptors (Lipinski definition) is 7. The summed E-state index contributed by atoms with van der Waals surface area (Å²) in [6, 6.07) is 3.44. The van der Waals surface area contributed by atoms with Gasteiger partial charge < -0.3 is 29.5 Å². The first kappa shape index (κ1) is 30.2. The Hall–Kier alpha value is -3.76. The van der Waals surface area contributed by atoms with Crippen molar-refractivity contribution in [3.8, 4) is 5.75 Å². The summed E-state index contributed by atoms with van der Waals surface area (Å²) in [5, 5.41) is 12.6. The van der Waals surface area contributed by atoms with Gasteiger partial charge in [0.05, 0.1) is 19.7 Å². The normalized spacial score (nSPS) is 26.6. The van der Waals surface area contributed by atoms with Gasteiger partial charge in [-0.1, -0.05) is 58.9 Å². The van der Waals surface area contributed by atoms with Crippen LogP contribution in [-0.4, -0.2) is 76.9 Å². The van der Waals surface area contributed by atoms with E-state index in [0.717, 1.165) is 24.0 Å². The maximum absolute atomic E-state index is 13.7. The molecule has 3 heterocycles. The molecule has 1 unspecified atom stereocenters. The van der Waals surface area contributed by atoms with Gasteiger partial charge in [0, 0.05) is 18.5 Å². The molecule has 3 amide bonds. The lowest BCUT2D eigenvalue weighted by atomic mass is 9.85. The van der Waals surface area contributed by atoms with Crippen molar-refractivity contribution in [2.45, 2.75) is 85.2 Å². The number of hydrogen-bond donors (Lipinski definition) is 2. The van der Waals surface area contributed by atoms with Gasteiger partial charge >= 0.3 is 18.2 Å². The molecule has 11 nitrogen and oxygen atoms in total. The van der Waals surface area contributed by atoms with Crippen molar-refractivity contribution < 1.29 is 38.5 Å². The van der Waals surface area contributed by atoms with Crippen molar-refractivity contribution in [3.63, 3.8) is 0 Å². The molecule has 3 atom stereocenters. The van der Waals surface area contributed by atoms with E-state index in [-0.39, 0.29) is 25.0 Å². The van der Waals surface area contributed by atoms with E-state index >= 15 is 0 Å². The van der Waals surface area contributed by atoms with Gasteiger partial charge in [-0.3, -0.25) is 9.69 Å². The Morgan fingerprint density at radius 2 is 1.85 bits per heavy atom. The molecule has 4 bridgehead atoms. The van der Waals surface area contributed by atoms with Gasteiger partial charge in [-0.05, 0) is 35.3 Å². The molecule has 4 rings (SSSR count). The highest BCUT2D eigenvalue weighted by Crippen LogP contribution is 2.33. The fraction of sp³-hybridized carbons (Fsp3) is 0.600. The van der Waals surface area contributed by atoms with Crippen molar-refractivity contribution in [3.05, 3.63) is 41.5 Å². The van der Waals surface area contributed by atoms with E-state index in [2.05, 4.69) is 5.32 Å². The lowest BCUT2D eigenvalue weighted by Gasteiger charge is -2.34. The van der Waals surface area contributed by atoms with Crippen LogP contribution in [0.15, 0.2) is 30.4 Å². The highest BCUT2D eigenvalue weighted by molar-refractivity contribution is 5.90. The number of amides is 3. The quantitative estimate of drug-likeness (QED) is 0.482. The molecule has 3 aliphatic rings. The Balaban J connectivity index is 1.59. The van der Waals surface area contributed by atoms with Crippen molar-refractivity contribution in [1.29, 1.82) is 0 Å². The Morgan fingerprint density at radius 3 is 2.56 bits per heavy atom. The number of carbonyl (C=O) groups excluding carboxylic acids is 3. The largest absolute Gasteiger partial charge is 0.489 e. The van der Waals surface area contributed by atoms with Gasteiger partial charge in [0.15, 0.2) is 0 Å². The van der Waals surface area contributed by atoms with Crippen LogP contribution < -0.4 is 10.1 Å². The number of fused-ring (bicyclic) bond motifs is 3. The number of allylic oxidation sites excluding steroid dienone is 1. The monoisotopic (exact) mass is 571 g/mol. The summed E-state index contributed by atoms with van der Waals surface area (Å²) in [6.45, 7) is 10.4. The number of carbonyl (C=O) groups is 4. The van der Waals surface area contributed by atoms with Crippen LogP contribution in [0.25, 0.3) is 0 Å². The predicted octanol–water partition coefficient (Wildman–Crippen LogP) is 4.09. The lowest BCUT2D eigenvalue weighted by molar-refractivity contribution is -0.150. The van der Waals surface area contributed by atoms with Gasteiger partial charge in [0.25, 0.3) is 0 Å².